The van der Waals surface area contributed by atoms with Crippen molar-refractivity contribution in [2.45, 2.75) is 45.0 Å². The number of rotatable bonds is 8. The number of carbonyl (C=O) groups excluding carboxylic acids is 2. The summed E-state index contributed by atoms with van der Waals surface area (Å²) in [6, 6.07) is 25.7. The van der Waals surface area contributed by atoms with Gasteiger partial charge in [-0.2, -0.15) is 0 Å². The van der Waals surface area contributed by atoms with Crippen LogP contribution in [0.2, 0.25) is 0 Å². The number of benzene rings is 4. The molecule has 8 rings (SSSR count). The zero-order valence-corrected chi connectivity index (χ0v) is 31.4. The van der Waals surface area contributed by atoms with E-state index < -0.39 is 41.0 Å². The second kappa shape index (κ2) is 15.7. The van der Waals surface area contributed by atoms with Crippen LogP contribution in [0.4, 0.5) is 0 Å². The molecule has 4 N–H and O–H groups in total. The first-order chi connectivity index (χ1) is 27.0. The van der Waals surface area contributed by atoms with Crippen molar-refractivity contribution in [2.24, 2.45) is 0 Å². The van der Waals surface area contributed by atoms with Crippen molar-refractivity contribution in [1.82, 2.24) is 11.0 Å². The Morgan fingerprint density at radius 1 is 0.554 bits per heavy atom. The van der Waals surface area contributed by atoms with Gasteiger partial charge in [0.25, 0.3) is 11.8 Å². The van der Waals surface area contributed by atoms with E-state index in [2.05, 4.69) is 0 Å². The van der Waals surface area contributed by atoms with Gasteiger partial charge in [-0.15, -0.1) is 0 Å². The summed E-state index contributed by atoms with van der Waals surface area (Å²) in [4.78, 5) is 24.6. The number of hydroxylamine groups is 2. The first-order valence-electron chi connectivity index (χ1n) is 17.6. The summed E-state index contributed by atoms with van der Waals surface area (Å²) in [5.74, 6) is -0.560. The lowest BCUT2D eigenvalue weighted by Crippen LogP contribution is -2.54. The van der Waals surface area contributed by atoms with Gasteiger partial charge in [-0.05, 0) is 103 Å². The van der Waals surface area contributed by atoms with E-state index in [0.717, 1.165) is 33.2 Å². The number of sulfone groups is 2. The highest BCUT2D eigenvalue weighted by molar-refractivity contribution is 7.94. The molecule has 4 aromatic carbocycles. The smallest absolute Gasteiger partial charge is 0.265 e. The minimum atomic E-state index is -4.04. The van der Waals surface area contributed by atoms with Crippen LogP contribution in [-0.4, -0.2) is 81.8 Å². The van der Waals surface area contributed by atoms with Crippen molar-refractivity contribution in [3.63, 3.8) is 0 Å². The molecule has 3 aliphatic rings. The first-order valence-corrected chi connectivity index (χ1v) is 20.5. The van der Waals surface area contributed by atoms with Crippen LogP contribution in [0.5, 0.6) is 11.5 Å². The lowest BCUT2D eigenvalue weighted by atomic mass is 9.98. The standard InChI is InChI=1S/C20H19NO6S.C19H19NO7S/c22-19(21-23)20(8-11-26-12-9-20)28(24,25)17-4-1-14(2-5-17)15-3-6-18-16(13-15)7-10-27-18;21-18(20-22)19(7-9-25-10-8-19)28(23,24)15-4-1-13(2-5-15)14-3-6-16-17(11-14)27-12-26-16/h1-7,10,13,23H,8-9,11-12H2,(H,21,22);1-6,11,22H,7-10,12H2,(H,20,21). The van der Waals surface area contributed by atoms with Crippen LogP contribution in [0.15, 0.2) is 111 Å². The van der Waals surface area contributed by atoms with Crippen molar-refractivity contribution in [1.29, 1.82) is 0 Å². The highest BCUT2D eigenvalue weighted by Gasteiger charge is 2.53. The maximum atomic E-state index is 13.3. The minimum Gasteiger partial charge on any atom is -0.464 e. The number of amides is 2. The Balaban J connectivity index is 0.000000172. The lowest BCUT2D eigenvalue weighted by molar-refractivity contribution is -0.135. The maximum Gasteiger partial charge on any atom is 0.265 e. The summed E-state index contributed by atoms with van der Waals surface area (Å²) in [6.07, 6.45) is 1.54. The lowest BCUT2D eigenvalue weighted by Gasteiger charge is -2.34. The van der Waals surface area contributed by atoms with Crippen LogP contribution >= 0.6 is 0 Å². The van der Waals surface area contributed by atoms with Gasteiger partial charge in [-0.25, -0.2) is 27.8 Å². The van der Waals surface area contributed by atoms with Crippen molar-refractivity contribution >= 4 is 42.5 Å². The third kappa shape index (κ3) is 6.90. The Hall–Kier alpha value is -5.30. The van der Waals surface area contributed by atoms with Gasteiger partial charge in [0.1, 0.15) is 5.58 Å². The Morgan fingerprint density at radius 3 is 1.50 bits per heavy atom. The monoisotopic (exact) mass is 806 g/mol. The van der Waals surface area contributed by atoms with Crippen LogP contribution < -0.4 is 20.4 Å². The summed E-state index contributed by atoms with van der Waals surface area (Å²) < 4.78 is 76.0. The molecule has 1 aromatic heterocycles. The molecule has 56 heavy (non-hydrogen) atoms. The van der Waals surface area contributed by atoms with Gasteiger partial charge in [0.15, 0.2) is 40.7 Å². The van der Waals surface area contributed by atoms with E-state index in [1.165, 1.54) is 35.2 Å². The predicted molar refractivity (Wildman–Crippen MR) is 199 cm³/mol. The molecule has 5 aromatic rings. The van der Waals surface area contributed by atoms with Gasteiger partial charge in [0, 0.05) is 31.8 Å². The Morgan fingerprint density at radius 2 is 1.00 bits per heavy atom. The van der Waals surface area contributed by atoms with Crippen molar-refractivity contribution < 1.29 is 60.2 Å². The zero-order valence-electron chi connectivity index (χ0n) is 29.8. The predicted octanol–water partition coefficient (Wildman–Crippen LogP) is 4.84. The molecule has 0 unspecified atom stereocenters. The van der Waals surface area contributed by atoms with Gasteiger partial charge in [0.05, 0.1) is 16.1 Å². The molecule has 0 aliphatic carbocycles. The van der Waals surface area contributed by atoms with Crippen molar-refractivity contribution in [3.8, 4) is 33.8 Å². The Bertz CT molecular complexity index is 2450. The third-order valence-electron chi connectivity index (χ3n) is 10.5. The summed E-state index contributed by atoms with van der Waals surface area (Å²) in [5, 5.41) is 19.2. The second-order valence-corrected chi connectivity index (χ2v) is 17.9. The number of carbonyl (C=O) groups is 2. The molecule has 2 amide bonds. The molecule has 3 aliphatic heterocycles. The topological polar surface area (TPSA) is 217 Å². The Labute approximate surface area is 321 Å². The average molecular weight is 807 g/mol. The van der Waals surface area contributed by atoms with Crippen molar-refractivity contribution in [3.05, 3.63) is 97.3 Å². The number of fused-ring (bicyclic) bond motifs is 2. The number of furan rings is 1. The van der Waals surface area contributed by atoms with E-state index in [1.54, 1.807) is 36.6 Å². The fourth-order valence-corrected chi connectivity index (χ4v) is 11.0. The molecule has 15 nitrogen and oxygen atoms in total. The normalized spacial score (nSPS) is 17.3. The van der Waals surface area contributed by atoms with Crippen molar-refractivity contribution in [2.75, 3.05) is 33.2 Å². The molecule has 0 saturated carbocycles. The zero-order chi connectivity index (χ0) is 39.6. The SMILES string of the molecule is O=C(NO)C1(S(=O)(=O)c2ccc(-c3ccc4c(c3)OCO4)cc2)CCOCC1.O=C(NO)C1(S(=O)(=O)c2ccc(-c3ccc4occc4c3)cc2)CCOCC1. The first kappa shape index (κ1) is 39.0. The molecular weight excluding hydrogens is 769 g/mol. The van der Waals surface area contributed by atoms with Gasteiger partial charge in [-0.1, -0.05) is 36.4 Å². The van der Waals surface area contributed by atoms with Crippen LogP contribution in [-0.2, 0) is 38.7 Å². The van der Waals surface area contributed by atoms with Gasteiger partial charge >= 0.3 is 0 Å². The number of nitrogens with one attached hydrogen (secondary N) is 2. The number of hydrogen-bond acceptors (Lipinski definition) is 13. The maximum absolute atomic E-state index is 13.3. The van der Waals surface area contributed by atoms with E-state index >= 15 is 0 Å². The average Bonchev–Trinajstić information content (AvgIpc) is 3.93. The third-order valence-corrected chi connectivity index (χ3v) is 15.5. The molecule has 0 radical (unpaired) electrons. The molecule has 2 saturated heterocycles. The van der Waals surface area contributed by atoms with E-state index in [1.807, 2.05) is 36.4 Å². The molecule has 0 atom stereocenters. The summed E-state index contributed by atoms with van der Waals surface area (Å²) >= 11 is 0. The van der Waals surface area contributed by atoms with Gasteiger partial charge < -0.3 is 23.4 Å². The van der Waals surface area contributed by atoms with E-state index in [0.29, 0.717) is 11.5 Å². The second-order valence-electron chi connectivity index (χ2n) is 13.4. The molecule has 17 heteroatoms. The minimum absolute atomic E-state index is 0.0133. The molecule has 294 valence electrons. The summed E-state index contributed by atoms with van der Waals surface area (Å²) in [6.45, 7) is 0.698. The quantitative estimate of drug-likeness (QED) is 0.122. The van der Waals surface area contributed by atoms with Crippen LogP contribution in [0.25, 0.3) is 33.2 Å². The molecule has 4 heterocycles. The summed E-state index contributed by atoms with van der Waals surface area (Å²) in [7, 11) is -8.07. The van der Waals surface area contributed by atoms with Crippen LogP contribution in [0, 0.1) is 0 Å². The largest absolute Gasteiger partial charge is 0.464 e. The van der Waals surface area contributed by atoms with Crippen LogP contribution in [0.1, 0.15) is 25.7 Å². The van der Waals surface area contributed by atoms with E-state index in [-0.39, 0.29) is 68.7 Å². The van der Waals surface area contributed by atoms with Crippen LogP contribution in [0.3, 0.4) is 0 Å². The number of ether oxygens (including phenoxy) is 4. The molecule has 0 spiro atoms. The molecular formula is C39H38N2O13S2. The summed E-state index contributed by atoms with van der Waals surface area (Å²) in [5.41, 5.74) is 7.22. The molecule has 2 fully saturated rings. The fraction of sp³-hybridized carbons (Fsp3) is 0.282. The highest BCUT2D eigenvalue weighted by Crippen LogP contribution is 2.39. The molecule has 0 bridgehead atoms. The van der Waals surface area contributed by atoms with E-state index in [4.69, 9.17) is 33.8 Å². The Kier molecular flexibility index (Phi) is 10.9. The van der Waals surface area contributed by atoms with Gasteiger partial charge in [-0.3, -0.25) is 20.0 Å². The number of hydrogen-bond donors (Lipinski definition) is 4. The fourth-order valence-electron chi connectivity index (χ4n) is 7.17. The van der Waals surface area contributed by atoms with Gasteiger partial charge in [0.2, 0.25) is 6.79 Å². The highest BCUT2D eigenvalue weighted by atomic mass is 32.2. The van der Waals surface area contributed by atoms with E-state index in [9.17, 15) is 26.4 Å².